The number of halogens is 1. The van der Waals surface area contributed by atoms with Crippen molar-refractivity contribution in [3.05, 3.63) is 69.0 Å². The van der Waals surface area contributed by atoms with Gasteiger partial charge in [-0.15, -0.1) is 11.8 Å². The van der Waals surface area contributed by atoms with Crippen molar-refractivity contribution in [1.29, 1.82) is 0 Å². The first-order valence-electron chi connectivity index (χ1n) is 6.65. The molecule has 0 saturated heterocycles. The maximum Gasteiger partial charge on any atom is 0.337 e. The summed E-state index contributed by atoms with van der Waals surface area (Å²) in [5.41, 5.74) is 1.40. The highest BCUT2D eigenvalue weighted by Crippen LogP contribution is 2.32. The van der Waals surface area contributed by atoms with Crippen molar-refractivity contribution in [2.75, 3.05) is 7.11 Å². The van der Waals surface area contributed by atoms with E-state index in [1.54, 1.807) is 24.9 Å². The fourth-order valence-electron chi connectivity index (χ4n) is 2.15. The molecule has 3 nitrogen and oxygen atoms in total. The highest BCUT2D eigenvalue weighted by Gasteiger charge is 2.08. The Bertz CT molecular complexity index is 873. The highest BCUT2D eigenvalue weighted by molar-refractivity contribution is 9.10. The van der Waals surface area contributed by atoms with Gasteiger partial charge >= 0.3 is 5.63 Å². The molecular weight excluding hydrogens is 364 g/mol. The third kappa shape index (κ3) is 3.20. The average Bonchev–Trinajstić information content (AvgIpc) is 2.53. The first-order valence-corrected chi connectivity index (χ1v) is 8.43. The molecule has 5 heteroatoms. The maximum absolute atomic E-state index is 11.7. The number of fused-ring (bicyclic) bond motifs is 1. The summed E-state index contributed by atoms with van der Waals surface area (Å²) in [4.78, 5) is 12.6. The van der Waals surface area contributed by atoms with Crippen molar-refractivity contribution < 1.29 is 9.15 Å². The van der Waals surface area contributed by atoms with E-state index in [2.05, 4.69) is 15.9 Å². The number of hydrogen-bond acceptors (Lipinski definition) is 4. The van der Waals surface area contributed by atoms with E-state index in [9.17, 15) is 4.79 Å². The molecule has 3 rings (SSSR count). The minimum atomic E-state index is -0.328. The van der Waals surface area contributed by atoms with E-state index in [0.29, 0.717) is 5.58 Å². The van der Waals surface area contributed by atoms with Gasteiger partial charge in [0.15, 0.2) is 0 Å². The van der Waals surface area contributed by atoms with Gasteiger partial charge in [-0.05, 0) is 29.8 Å². The Morgan fingerprint density at radius 2 is 2.00 bits per heavy atom. The summed E-state index contributed by atoms with van der Waals surface area (Å²) in [6.07, 6.45) is 0. The van der Waals surface area contributed by atoms with E-state index >= 15 is 0 Å². The van der Waals surface area contributed by atoms with Crippen LogP contribution >= 0.6 is 27.7 Å². The minimum absolute atomic E-state index is 0.328. The molecule has 3 aromatic rings. The van der Waals surface area contributed by atoms with Crippen LogP contribution < -0.4 is 10.4 Å². The molecule has 0 N–H and O–H groups in total. The lowest BCUT2D eigenvalue weighted by molar-refractivity contribution is 0.414. The number of benzene rings is 2. The van der Waals surface area contributed by atoms with E-state index < -0.39 is 0 Å². The first kappa shape index (κ1) is 15.2. The average molecular weight is 377 g/mol. The Balaban J connectivity index is 1.93. The fraction of sp³-hybridized carbons (Fsp3) is 0.118. The number of ether oxygens (including phenoxy) is 1. The van der Waals surface area contributed by atoms with E-state index in [1.807, 2.05) is 42.5 Å². The molecule has 0 aliphatic carbocycles. The van der Waals surface area contributed by atoms with E-state index in [-0.39, 0.29) is 5.63 Å². The number of para-hydroxylation sites is 1. The maximum atomic E-state index is 11.7. The van der Waals surface area contributed by atoms with Crippen molar-refractivity contribution in [2.24, 2.45) is 0 Å². The predicted octanol–water partition coefficient (Wildman–Crippen LogP) is 4.86. The zero-order valence-corrected chi connectivity index (χ0v) is 14.2. The van der Waals surface area contributed by atoms with E-state index in [1.165, 1.54) is 0 Å². The van der Waals surface area contributed by atoms with Crippen LogP contribution in [-0.4, -0.2) is 7.11 Å². The zero-order valence-electron chi connectivity index (χ0n) is 11.8. The second-order valence-corrected chi connectivity index (χ2v) is 6.54. The van der Waals surface area contributed by atoms with Crippen LogP contribution in [0.25, 0.3) is 11.0 Å². The smallest absolute Gasteiger partial charge is 0.337 e. The lowest BCUT2D eigenvalue weighted by atomic mass is 10.2. The van der Waals surface area contributed by atoms with Gasteiger partial charge in [0.2, 0.25) is 0 Å². The van der Waals surface area contributed by atoms with Crippen LogP contribution in [0.1, 0.15) is 5.56 Å². The molecule has 0 radical (unpaired) electrons. The fourth-order valence-corrected chi connectivity index (χ4v) is 3.77. The standard InChI is InChI=1S/C17H13BrO3S/c1-20-12-6-7-14(18)11(8-12)10-22-16-9-17(19)21-15-5-3-2-4-13(15)16/h2-9H,10H2,1H3. The van der Waals surface area contributed by atoms with Gasteiger partial charge in [0.25, 0.3) is 0 Å². The van der Waals surface area contributed by atoms with Gasteiger partial charge in [0.05, 0.1) is 7.11 Å². The molecule has 112 valence electrons. The molecular formula is C17H13BrO3S. The van der Waals surface area contributed by atoms with Gasteiger partial charge in [-0.25, -0.2) is 4.79 Å². The summed E-state index contributed by atoms with van der Waals surface area (Å²) in [6.45, 7) is 0. The van der Waals surface area contributed by atoms with Gasteiger partial charge in [-0.3, -0.25) is 0 Å². The van der Waals surface area contributed by atoms with Crippen LogP contribution in [0.15, 0.2) is 67.1 Å². The van der Waals surface area contributed by atoms with Crippen molar-refractivity contribution in [3.63, 3.8) is 0 Å². The van der Waals surface area contributed by atoms with Crippen LogP contribution in [0.4, 0.5) is 0 Å². The Morgan fingerprint density at radius 1 is 1.18 bits per heavy atom. The molecule has 0 spiro atoms. The summed E-state index contributed by atoms with van der Waals surface area (Å²) in [5.74, 6) is 1.54. The van der Waals surface area contributed by atoms with Gasteiger partial charge < -0.3 is 9.15 Å². The quantitative estimate of drug-likeness (QED) is 0.481. The van der Waals surface area contributed by atoms with Crippen molar-refractivity contribution in [1.82, 2.24) is 0 Å². The third-order valence-electron chi connectivity index (χ3n) is 3.25. The molecule has 0 fully saturated rings. The monoisotopic (exact) mass is 376 g/mol. The Morgan fingerprint density at radius 3 is 2.82 bits per heavy atom. The Kier molecular flexibility index (Phi) is 4.55. The van der Waals surface area contributed by atoms with E-state index in [4.69, 9.17) is 9.15 Å². The number of hydrogen-bond donors (Lipinski definition) is 0. The zero-order chi connectivity index (χ0) is 15.5. The van der Waals surface area contributed by atoms with Crippen LogP contribution in [0.5, 0.6) is 5.75 Å². The minimum Gasteiger partial charge on any atom is -0.497 e. The third-order valence-corrected chi connectivity index (χ3v) is 5.13. The lowest BCUT2D eigenvalue weighted by Crippen LogP contribution is -1.97. The molecule has 0 atom stereocenters. The van der Waals surface area contributed by atoms with E-state index in [0.717, 1.165) is 31.8 Å². The van der Waals surface area contributed by atoms with Crippen LogP contribution in [0, 0.1) is 0 Å². The molecule has 0 aliphatic heterocycles. The molecule has 0 amide bonds. The summed E-state index contributed by atoms with van der Waals surface area (Å²) >= 11 is 5.15. The molecule has 22 heavy (non-hydrogen) atoms. The largest absolute Gasteiger partial charge is 0.497 e. The molecule has 1 heterocycles. The number of thioether (sulfide) groups is 1. The molecule has 0 saturated carbocycles. The number of rotatable bonds is 4. The molecule has 0 bridgehead atoms. The van der Waals surface area contributed by atoms with Crippen molar-refractivity contribution >= 4 is 38.7 Å². The SMILES string of the molecule is COc1ccc(Br)c(CSc2cc(=O)oc3ccccc23)c1. The molecule has 2 aromatic carbocycles. The van der Waals surface area contributed by atoms with Gasteiger partial charge in [-0.2, -0.15) is 0 Å². The normalized spacial score (nSPS) is 10.8. The highest BCUT2D eigenvalue weighted by atomic mass is 79.9. The summed E-state index contributed by atoms with van der Waals surface area (Å²) in [5, 5.41) is 0.950. The Hall–Kier alpha value is -1.72. The van der Waals surface area contributed by atoms with Crippen LogP contribution in [0.2, 0.25) is 0 Å². The molecule has 1 aromatic heterocycles. The predicted molar refractivity (Wildman–Crippen MR) is 92.7 cm³/mol. The Labute approximate surface area is 140 Å². The second-order valence-electron chi connectivity index (χ2n) is 4.67. The summed E-state index contributed by atoms with van der Waals surface area (Å²) in [6, 6.07) is 15.0. The van der Waals surface area contributed by atoms with Crippen molar-refractivity contribution in [3.8, 4) is 5.75 Å². The molecule has 0 unspecified atom stereocenters. The molecule has 0 aliphatic rings. The first-order chi connectivity index (χ1) is 10.7. The van der Waals surface area contributed by atoms with Crippen LogP contribution in [-0.2, 0) is 5.75 Å². The van der Waals surface area contributed by atoms with Crippen LogP contribution in [0.3, 0.4) is 0 Å². The second kappa shape index (κ2) is 6.58. The van der Waals surface area contributed by atoms with Gasteiger partial charge in [0.1, 0.15) is 11.3 Å². The summed E-state index contributed by atoms with van der Waals surface area (Å²) in [7, 11) is 1.65. The lowest BCUT2D eigenvalue weighted by Gasteiger charge is -2.08. The summed E-state index contributed by atoms with van der Waals surface area (Å²) < 4.78 is 11.5. The van der Waals surface area contributed by atoms with Gasteiger partial charge in [-0.1, -0.05) is 34.1 Å². The number of methoxy groups -OCH3 is 1. The van der Waals surface area contributed by atoms with Gasteiger partial charge in [0, 0.05) is 26.6 Å². The topological polar surface area (TPSA) is 39.4 Å². The van der Waals surface area contributed by atoms with Crippen molar-refractivity contribution in [2.45, 2.75) is 10.6 Å².